The van der Waals surface area contributed by atoms with E-state index in [0.29, 0.717) is 19.6 Å². The Morgan fingerprint density at radius 2 is 2.22 bits per heavy atom. The number of nitrogens with zero attached hydrogens (tertiary/aromatic N) is 2. The average Bonchev–Trinajstić information content (AvgIpc) is 2.76. The molecule has 0 aromatic rings. The normalized spacial score (nSPS) is 19.3. The zero-order valence-corrected chi connectivity index (χ0v) is 11.2. The van der Waals surface area contributed by atoms with Gasteiger partial charge >= 0.3 is 12.0 Å². The summed E-state index contributed by atoms with van der Waals surface area (Å²) in [5.74, 6) is -0.682. The number of likely N-dealkylation sites (N-methyl/N-ethyl adjacent to an activating group) is 1. The van der Waals surface area contributed by atoms with Crippen molar-refractivity contribution in [2.45, 2.75) is 19.8 Å². The highest BCUT2D eigenvalue weighted by Crippen LogP contribution is 2.19. The molecule has 1 atom stereocenters. The Hall–Kier alpha value is -1.30. The minimum Gasteiger partial charge on any atom is -0.481 e. The summed E-state index contributed by atoms with van der Waals surface area (Å²) < 4.78 is 0. The number of likely N-dealkylation sites (tertiary alicyclic amines) is 1. The second kappa shape index (κ2) is 7.20. The third-order valence-corrected chi connectivity index (χ3v) is 3.35. The first-order chi connectivity index (χ1) is 8.52. The maximum atomic E-state index is 11.8. The van der Waals surface area contributed by atoms with E-state index in [4.69, 9.17) is 5.11 Å². The molecule has 0 radical (unpaired) electrons. The molecule has 2 N–H and O–H groups in total. The summed E-state index contributed by atoms with van der Waals surface area (Å²) in [5, 5.41) is 11.6. The first kappa shape index (κ1) is 14.8. The quantitative estimate of drug-likeness (QED) is 0.724. The third-order valence-electron chi connectivity index (χ3n) is 3.35. The van der Waals surface area contributed by atoms with E-state index in [1.54, 1.807) is 4.90 Å². The number of urea groups is 1. The van der Waals surface area contributed by atoms with Crippen molar-refractivity contribution in [3.8, 4) is 0 Å². The van der Waals surface area contributed by atoms with Crippen molar-refractivity contribution in [1.29, 1.82) is 0 Å². The van der Waals surface area contributed by atoms with Crippen molar-refractivity contribution in [2.75, 3.05) is 39.8 Å². The van der Waals surface area contributed by atoms with Gasteiger partial charge in [0, 0.05) is 32.6 Å². The van der Waals surface area contributed by atoms with Crippen LogP contribution in [0, 0.1) is 5.92 Å². The van der Waals surface area contributed by atoms with Gasteiger partial charge in [0.05, 0.1) is 0 Å². The number of aliphatic carboxylic acids is 1. The fourth-order valence-electron chi connectivity index (χ4n) is 2.05. The number of nitrogens with one attached hydrogen (secondary N) is 1. The number of amides is 2. The molecule has 1 heterocycles. The zero-order valence-electron chi connectivity index (χ0n) is 11.2. The van der Waals surface area contributed by atoms with Crippen LogP contribution in [0.5, 0.6) is 0 Å². The summed E-state index contributed by atoms with van der Waals surface area (Å²) in [6, 6.07) is -0.0765. The molecular formula is C12H23N3O3. The summed E-state index contributed by atoms with van der Waals surface area (Å²) in [5.41, 5.74) is 0. The van der Waals surface area contributed by atoms with Gasteiger partial charge in [-0.05, 0) is 25.9 Å². The van der Waals surface area contributed by atoms with Crippen molar-refractivity contribution in [3.63, 3.8) is 0 Å². The molecule has 1 unspecified atom stereocenters. The first-order valence-corrected chi connectivity index (χ1v) is 6.46. The van der Waals surface area contributed by atoms with Crippen LogP contribution in [-0.4, -0.2) is 66.7 Å². The second-order valence-electron chi connectivity index (χ2n) is 4.83. The number of carbonyl (C=O) groups excluding carboxylic acids is 1. The predicted molar refractivity (Wildman–Crippen MR) is 68.5 cm³/mol. The number of hydrogen-bond acceptors (Lipinski definition) is 3. The van der Waals surface area contributed by atoms with Gasteiger partial charge in [-0.2, -0.15) is 0 Å². The van der Waals surface area contributed by atoms with E-state index in [1.807, 2.05) is 7.05 Å². The Labute approximate surface area is 108 Å². The minimum atomic E-state index is -0.785. The number of hydrogen-bond donors (Lipinski definition) is 2. The molecule has 0 aliphatic carbocycles. The molecule has 1 fully saturated rings. The molecule has 1 rings (SSSR count). The summed E-state index contributed by atoms with van der Waals surface area (Å²) >= 11 is 0. The van der Waals surface area contributed by atoms with Crippen molar-refractivity contribution < 1.29 is 14.7 Å². The monoisotopic (exact) mass is 257 g/mol. The molecule has 1 aliphatic rings. The van der Waals surface area contributed by atoms with Crippen LogP contribution in [-0.2, 0) is 4.79 Å². The lowest BCUT2D eigenvalue weighted by Crippen LogP contribution is -2.41. The molecule has 0 aromatic heterocycles. The molecule has 1 saturated heterocycles. The van der Waals surface area contributed by atoms with Gasteiger partial charge in [-0.15, -0.1) is 0 Å². The highest BCUT2D eigenvalue weighted by atomic mass is 16.4. The van der Waals surface area contributed by atoms with Gasteiger partial charge in [0.15, 0.2) is 0 Å². The molecule has 0 aromatic carbocycles. The van der Waals surface area contributed by atoms with Crippen LogP contribution < -0.4 is 5.32 Å². The molecule has 1 aliphatic heterocycles. The van der Waals surface area contributed by atoms with Crippen LogP contribution in [0.3, 0.4) is 0 Å². The van der Waals surface area contributed by atoms with Gasteiger partial charge in [0.25, 0.3) is 0 Å². The summed E-state index contributed by atoms with van der Waals surface area (Å²) in [6.45, 7) is 5.70. The van der Waals surface area contributed by atoms with E-state index >= 15 is 0 Å². The van der Waals surface area contributed by atoms with Gasteiger partial charge in [-0.1, -0.05) is 6.92 Å². The molecule has 6 nitrogen and oxygen atoms in total. The Morgan fingerprint density at radius 1 is 1.50 bits per heavy atom. The topological polar surface area (TPSA) is 72.9 Å². The number of rotatable bonds is 6. The van der Waals surface area contributed by atoms with Crippen molar-refractivity contribution in [1.82, 2.24) is 15.1 Å². The Kier molecular flexibility index (Phi) is 5.91. The number of carboxylic acids is 1. The fourth-order valence-corrected chi connectivity index (χ4v) is 2.05. The Bertz CT molecular complexity index is 296. The molecule has 18 heavy (non-hydrogen) atoms. The zero-order chi connectivity index (χ0) is 13.5. The predicted octanol–water partition coefficient (Wildman–Crippen LogP) is 0.444. The summed E-state index contributed by atoms with van der Waals surface area (Å²) in [4.78, 5) is 26.2. The molecule has 2 amide bonds. The second-order valence-corrected chi connectivity index (χ2v) is 4.83. The molecule has 0 saturated carbocycles. The third kappa shape index (κ3) is 4.91. The molecule has 0 bridgehead atoms. The van der Waals surface area contributed by atoms with E-state index in [1.165, 1.54) is 0 Å². The maximum Gasteiger partial charge on any atom is 0.317 e. The molecule has 0 spiro atoms. The number of carboxylic acid groups (broad SMARTS) is 1. The van der Waals surface area contributed by atoms with E-state index in [-0.39, 0.29) is 18.4 Å². The van der Waals surface area contributed by atoms with Crippen LogP contribution in [0.25, 0.3) is 0 Å². The molecule has 104 valence electrons. The van der Waals surface area contributed by atoms with Crippen LogP contribution in [0.15, 0.2) is 0 Å². The Balaban J connectivity index is 2.21. The lowest BCUT2D eigenvalue weighted by atomic mass is 10.1. The maximum absolute atomic E-state index is 11.8. The lowest BCUT2D eigenvalue weighted by Gasteiger charge is -2.19. The van der Waals surface area contributed by atoms with Gasteiger partial charge in [-0.3, -0.25) is 4.79 Å². The van der Waals surface area contributed by atoms with Gasteiger partial charge in [0.1, 0.15) is 0 Å². The smallest absolute Gasteiger partial charge is 0.317 e. The van der Waals surface area contributed by atoms with E-state index in [2.05, 4.69) is 17.1 Å². The number of carbonyl (C=O) groups is 2. The molecule has 6 heteroatoms. The molecular weight excluding hydrogens is 234 g/mol. The fraction of sp³-hybridized carbons (Fsp3) is 0.833. The van der Waals surface area contributed by atoms with Gasteiger partial charge in [0.2, 0.25) is 0 Å². The highest BCUT2D eigenvalue weighted by molar-refractivity contribution is 5.74. The van der Waals surface area contributed by atoms with Crippen LogP contribution in [0.1, 0.15) is 19.8 Å². The van der Waals surface area contributed by atoms with Gasteiger partial charge < -0.3 is 20.2 Å². The van der Waals surface area contributed by atoms with E-state index in [9.17, 15) is 9.59 Å². The standard InChI is InChI=1S/C12H23N3O3/c1-3-14(2)7-5-13-12(18)15-6-4-10(9-15)8-11(16)17/h10H,3-9H2,1-2H3,(H,13,18)(H,16,17). The minimum absolute atomic E-state index is 0.0765. The van der Waals surface area contributed by atoms with E-state index < -0.39 is 5.97 Å². The lowest BCUT2D eigenvalue weighted by molar-refractivity contribution is -0.138. The summed E-state index contributed by atoms with van der Waals surface area (Å²) in [6.07, 6.45) is 0.941. The highest BCUT2D eigenvalue weighted by Gasteiger charge is 2.27. The Morgan fingerprint density at radius 3 is 2.83 bits per heavy atom. The van der Waals surface area contributed by atoms with Crippen molar-refractivity contribution in [2.24, 2.45) is 5.92 Å². The largest absolute Gasteiger partial charge is 0.481 e. The summed E-state index contributed by atoms with van der Waals surface area (Å²) in [7, 11) is 2.00. The van der Waals surface area contributed by atoms with Crippen molar-refractivity contribution >= 4 is 12.0 Å². The van der Waals surface area contributed by atoms with Gasteiger partial charge in [-0.25, -0.2) is 4.79 Å². The van der Waals surface area contributed by atoms with Crippen LogP contribution in [0.4, 0.5) is 4.79 Å². The van der Waals surface area contributed by atoms with Crippen molar-refractivity contribution in [3.05, 3.63) is 0 Å². The van der Waals surface area contributed by atoms with Crippen LogP contribution >= 0.6 is 0 Å². The SMILES string of the molecule is CCN(C)CCNC(=O)N1CCC(CC(=O)O)C1. The van der Waals surface area contributed by atoms with Crippen LogP contribution in [0.2, 0.25) is 0 Å². The average molecular weight is 257 g/mol. The first-order valence-electron chi connectivity index (χ1n) is 6.46. The van der Waals surface area contributed by atoms with E-state index in [0.717, 1.165) is 19.5 Å².